The highest BCUT2D eigenvalue weighted by molar-refractivity contribution is 5.38. The van der Waals surface area contributed by atoms with Crippen LogP contribution in [0.15, 0.2) is 12.1 Å². The molecule has 0 fully saturated rings. The van der Waals surface area contributed by atoms with Gasteiger partial charge in [-0.25, -0.2) is 4.39 Å². The second-order valence-electron chi connectivity index (χ2n) is 4.01. The van der Waals surface area contributed by atoms with Gasteiger partial charge in [0.1, 0.15) is 11.6 Å². The second kappa shape index (κ2) is 5.85. The number of hydrogen-bond donors (Lipinski definition) is 1. The largest absolute Gasteiger partial charge is 0.494 e. The number of aryl methyl sites for hydroxylation is 1. The van der Waals surface area contributed by atoms with Crippen molar-refractivity contribution in [1.29, 1.82) is 0 Å². The fourth-order valence-electron chi connectivity index (χ4n) is 1.57. The Kier molecular flexibility index (Phi) is 4.74. The molecule has 16 heavy (non-hydrogen) atoms. The lowest BCUT2D eigenvalue weighted by atomic mass is 10.0. The molecule has 2 nitrogen and oxygen atoms in total. The highest BCUT2D eigenvalue weighted by Gasteiger charge is 2.11. The number of nitrogens with two attached hydrogens (primary N) is 1. The Morgan fingerprint density at radius 2 is 2.06 bits per heavy atom. The Morgan fingerprint density at radius 3 is 2.62 bits per heavy atom. The van der Waals surface area contributed by atoms with Gasteiger partial charge in [0.05, 0.1) is 6.61 Å². The molecule has 90 valence electrons. The van der Waals surface area contributed by atoms with E-state index in [-0.39, 0.29) is 11.9 Å². The lowest BCUT2D eigenvalue weighted by Crippen LogP contribution is -2.22. The van der Waals surface area contributed by atoms with Crippen LogP contribution < -0.4 is 10.5 Å². The van der Waals surface area contributed by atoms with Gasteiger partial charge < -0.3 is 10.5 Å². The minimum atomic E-state index is -0.193. The van der Waals surface area contributed by atoms with Crippen LogP contribution in [0.1, 0.15) is 31.4 Å². The standard InChI is InChI=1S/C13H20FNO/c1-4-11(15)7-10-8-12(14)9(3)6-13(10)16-5-2/h6,8,11H,4-5,7,15H2,1-3H3. The molecule has 0 aliphatic rings. The van der Waals surface area contributed by atoms with Crippen LogP contribution in [0.25, 0.3) is 0 Å². The molecular formula is C13H20FNO. The Hall–Kier alpha value is -1.09. The van der Waals surface area contributed by atoms with E-state index in [9.17, 15) is 4.39 Å². The molecule has 0 aliphatic heterocycles. The van der Waals surface area contributed by atoms with Gasteiger partial charge in [-0.2, -0.15) is 0 Å². The Bertz CT molecular complexity index is 352. The van der Waals surface area contributed by atoms with E-state index >= 15 is 0 Å². The maximum atomic E-state index is 13.5. The van der Waals surface area contributed by atoms with Crippen LogP contribution in [0.5, 0.6) is 5.75 Å². The zero-order valence-electron chi connectivity index (χ0n) is 10.2. The molecule has 1 atom stereocenters. The summed E-state index contributed by atoms with van der Waals surface area (Å²) in [6, 6.07) is 3.34. The second-order valence-corrected chi connectivity index (χ2v) is 4.01. The molecule has 0 heterocycles. The summed E-state index contributed by atoms with van der Waals surface area (Å²) in [5.74, 6) is 0.562. The van der Waals surface area contributed by atoms with Crippen molar-refractivity contribution in [3.8, 4) is 5.75 Å². The van der Waals surface area contributed by atoms with Crippen molar-refractivity contribution in [3.05, 3.63) is 29.1 Å². The molecule has 0 radical (unpaired) electrons. The average molecular weight is 225 g/mol. The van der Waals surface area contributed by atoms with Gasteiger partial charge in [-0.15, -0.1) is 0 Å². The van der Waals surface area contributed by atoms with Gasteiger partial charge in [0.15, 0.2) is 0 Å². The van der Waals surface area contributed by atoms with E-state index in [2.05, 4.69) is 0 Å². The first-order valence-corrected chi connectivity index (χ1v) is 5.75. The summed E-state index contributed by atoms with van der Waals surface area (Å²) in [5, 5.41) is 0. The third-order valence-corrected chi connectivity index (χ3v) is 2.65. The maximum Gasteiger partial charge on any atom is 0.126 e. The molecule has 1 unspecified atom stereocenters. The van der Waals surface area contributed by atoms with Gasteiger partial charge in [-0.3, -0.25) is 0 Å². The number of ether oxygens (including phenoxy) is 1. The molecule has 0 spiro atoms. The van der Waals surface area contributed by atoms with Crippen molar-refractivity contribution < 1.29 is 9.13 Å². The third-order valence-electron chi connectivity index (χ3n) is 2.65. The van der Waals surface area contributed by atoms with Crippen molar-refractivity contribution in [1.82, 2.24) is 0 Å². The van der Waals surface area contributed by atoms with E-state index in [1.165, 1.54) is 6.07 Å². The van der Waals surface area contributed by atoms with Gasteiger partial charge in [0, 0.05) is 6.04 Å². The monoisotopic (exact) mass is 225 g/mol. The summed E-state index contributed by atoms with van der Waals surface area (Å²) in [6.07, 6.45) is 1.53. The molecule has 0 bridgehead atoms. The Morgan fingerprint density at radius 1 is 1.38 bits per heavy atom. The van der Waals surface area contributed by atoms with Crippen molar-refractivity contribution in [2.75, 3.05) is 6.61 Å². The van der Waals surface area contributed by atoms with Gasteiger partial charge in [-0.1, -0.05) is 6.92 Å². The minimum Gasteiger partial charge on any atom is -0.494 e. The van der Waals surface area contributed by atoms with Crippen molar-refractivity contribution in [2.24, 2.45) is 5.73 Å². The highest BCUT2D eigenvalue weighted by atomic mass is 19.1. The summed E-state index contributed by atoms with van der Waals surface area (Å²) >= 11 is 0. The molecule has 1 aromatic rings. The molecule has 0 aromatic heterocycles. The molecule has 0 amide bonds. The third kappa shape index (κ3) is 3.20. The predicted octanol–water partition coefficient (Wildman–Crippen LogP) is 2.81. The summed E-state index contributed by atoms with van der Waals surface area (Å²) in [4.78, 5) is 0. The lowest BCUT2D eigenvalue weighted by Gasteiger charge is -2.14. The number of halogens is 1. The molecule has 2 N–H and O–H groups in total. The molecular weight excluding hydrogens is 205 g/mol. The summed E-state index contributed by atoms with van der Waals surface area (Å²) in [6.45, 7) is 6.26. The normalized spacial score (nSPS) is 12.6. The van der Waals surface area contributed by atoms with Crippen LogP contribution in [-0.2, 0) is 6.42 Å². The first-order valence-electron chi connectivity index (χ1n) is 5.75. The van der Waals surface area contributed by atoms with Crippen molar-refractivity contribution in [3.63, 3.8) is 0 Å². The first kappa shape index (κ1) is 13.0. The molecule has 1 rings (SSSR count). The average Bonchev–Trinajstić information content (AvgIpc) is 2.25. The molecule has 1 aromatic carbocycles. The van der Waals surface area contributed by atoms with Crippen LogP contribution in [-0.4, -0.2) is 12.6 Å². The zero-order valence-corrected chi connectivity index (χ0v) is 10.2. The van der Waals surface area contributed by atoms with Crippen LogP contribution in [0.4, 0.5) is 4.39 Å². The van der Waals surface area contributed by atoms with Crippen LogP contribution >= 0.6 is 0 Å². The van der Waals surface area contributed by atoms with Crippen molar-refractivity contribution in [2.45, 2.75) is 39.7 Å². The van der Waals surface area contributed by atoms with E-state index in [0.717, 1.165) is 17.7 Å². The Labute approximate surface area is 96.6 Å². The molecule has 0 aliphatic carbocycles. The van der Waals surface area contributed by atoms with Gasteiger partial charge >= 0.3 is 0 Å². The fraction of sp³-hybridized carbons (Fsp3) is 0.538. The van der Waals surface area contributed by atoms with Crippen LogP contribution in [0.3, 0.4) is 0 Å². The summed E-state index contributed by atoms with van der Waals surface area (Å²) in [7, 11) is 0. The van der Waals surface area contributed by atoms with Gasteiger partial charge in [-0.05, 0) is 49.9 Å². The van der Waals surface area contributed by atoms with Gasteiger partial charge in [0.25, 0.3) is 0 Å². The van der Waals surface area contributed by atoms with Gasteiger partial charge in [0.2, 0.25) is 0 Å². The van der Waals surface area contributed by atoms with E-state index in [4.69, 9.17) is 10.5 Å². The van der Waals surface area contributed by atoms with E-state index in [0.29, 0.717) is 18.6 Å². The predicted molar refractivity (Wildman–Crippen MR) is 64.3 cm³/mol. The summed E-state index contributed by atoms with van der Waals surface area (Å²) < 4.78 is 19.0. The number of benzene rings is 1. The van der Waals surface area contributed by atoms with Crippen molar-refractivity contribution >= 4 is 0 Å². The summed E-state index contributed by atoms with van der Waals surface area (Å²) in [5.41, 5.74) is 7.35. The number of hydrogen-bond acceptors (Lipinski definition) is 2. The SMILES string of the molecule is CCOc1cc(C)c(F)cc1CC(N)CC. The zero-order chi connectivity index (χ0) is 12.1. The molecule has 3 heteroatoms. The maximum absolute atomic E-state index is 13.5. The number of rotatable bonds is 5. The highest BCUT2D eigenvalue weighted by Crippen LogP contribution is 2.24. The van der Waals surface area contributed by atoms with E-state index < -0.39 is 0 Å². The lowest BCUT2D eigenvalue weighted by molar-refractivity contribution is 0.334. The molecule has 0 saturated carbocycles. The quantitative estimate of drug-likeness (QED) is 0.836. The van der Waals surface area contributed by atoms with E-state index in [1.54, 1.807) is 13.0 Å². The minimum absolute atomic E-state index is 0.0568. The smallest absolute Gasteiger partial charge is 0.126 e. The fourth-order valence-corrected chi connectivity index (χ4v) is 1.57. The van der Waals surface area contributed by atoms with Crippen LogP contribution in [0.2, 0.25) is 0 Å². The van der Waals surface area contributed by atoms with E-state index in [1.807, 2.05) is 13.8 Å². The Balaban J connectivity index is 2.99. The topological polar surface area (TPSA) is 35.2 Å². The molecule has 0 saturated heterocycles. The van der Waals surface area contributed by atoms with Crippen LogP contribution in [0, 0.1) is 12.7 Å². The first-order chi connectivity index (χ1) is 7.58.